The van der Waals surface area contributed by atoms with Crippen LogP contribution in [0.15, 0.2) is 21.6 Å². The minimum atomic E-state index is -0.486. The van der Waals surface area contributed by atoms with Crippen molar-refractivity contribution in [2.75, 3.05) is 12.8 Å². The molecule has 0 radical (unpaired) electrons. The lowest BCUT2D eigenvalue weighted by atomic mass is 10.1. The lowest BCUT2D eigenvalue weighted by Crippen LogP contribution is -2.03. The summed E-state index contributed by atoms with van der Waals surface area (Å²) in [5.74, 6) is -0.486. The molecule has 0 atom stereocenters. The number of hydrogen-bond donors (Lipinski definition) is 1. The van der Waals surface area contributed by atoms with E-state index in [1.165, 1.54) is 7.11 Å². The van der Waals surface area contributed by atoms with Crippen molar-refractivity contribution in [2.24, 2.45) is 4.99 Å². The average Bonchev–Trinajstić information content (AvgIpc) is 2.15. The molecule has 74 valence electrons. The molecule has 0 spiro atoms. The number of rotatable bonds is 2. The molecule has 0 saturated carbocycles. The Morgan fingerprint density at radius 2 is 2.29 bits per heavy atom. The third-order valence-corrected chi connectivity index (χ3v) is 2.13. The molecule has 5 heteroatoms. The van der Waals surface area contributed by atoms with Gasteiger partial charge in [-0.2, -0.15) is 0 Å². The minimum absolute atomic E-state index is 0.300. The van der Waals surface area contributed by atoms with Crippen LogP contribution in [0.2, 0.25) is 0 Å². The predicted molar refractivity (Wildman–Crippen MR) is 59.1 cm³/mol. The van der Waals surface area contributed by atoms with E-state index in [1.54, 1.807) is 12.1 Å². The monoisotopic (exact) mass is 256 g/mol. The molecule has 0 heterocycles. The maximum absolute atomic E-state index is 11.3. The van der Waals surface area contributed by atoms with E-state index in [1.807, 2.05) is 0 Å². The van der Waals surface area contributed by atoms with Gasteiger partial charge in [0.15, 0.2) is 0 Å². The molecule has 0 aliphatic heterocycles. The van der Waals surface area contributed by atoms with Gasteiger partial charge in [-0.1, -0.05) is 15.9 Å². The fourth-order valence-electron chi connectivity index (χ4n) is 1.06. The Labute approximate surface area is 89.9 Å². The smallest absolute Gasteiger partial charge is 0.340 e. The summed E-state index contributed by atoms with van der Waals surface area (Å²) in [6, 6.07) is 3.24. The van der Waals surface area contributed by atoms with Crippen LogP contribution in [0.25, 0.3) is 0 Å². The van der Waals surface area contributed by atoms with E-state index >= 15 is 0 Å². The zero-order chi connectivity index (χ0) is 10.7. The van der Waals surface area contributed by atoms with Gasteiger partial charge < -0.3 is 10.5 Å². The van der Waals surface area contributed by atoms with Gasteiger partial charge in [0.1, 0.15) is 0 Å². The molecule has 14 heavy (non-hydrogen) atoms. The Balaban J connectivity index is 3.39. The highest BCUT2D eigenvalue weighted by Gasteiger charge is 2.14. The zero-order valence-electron chi connectivity index (χ0n) is 7.58. The van der Waals surface area contributed by atoms with Crippen molar-refractivity contribution in [3.8, 4) is 0 Å². The molecule has 0 fully saturated rings. The van der Waals surface area contributed by atoms with Gasteiger partial charge >= 0.3 is 5.97 Å². The number of halogens is 1. The van der Waals surface area contributed by atoms with Gasteiger partial charge in [-0.15, -0.1) is 0 Å². The van der Waals surface area contributed by atoms with Crippen molar-refractivity contribution in [1.29, 1.82) is 0 Å². The molecule has 1 aromatic carbocycles. The highest BCUT2D eigenvalue weighted by atomic mass is 79.9. The van der Waals surface area contributed by atoms with Gasteiger partial charge in [-0.3, -0.25) is 4.99 Å². The molecule has 2 N–H and O–H groups in total. The molecule has 0 aromatic heterocycles. The van der Waals surface area contributed by atoms with Crippen molar-refractivity contribution in [2.45, 2.75) is 0 Å². The van der Waals surface area contributed by atoms with Crippen LogP contribution >= 0.6 is 15.9 Å². The van der Waals surface area contributed by atoms with E-state index in [0.717, 1.165) is 0 Å². The normalized spacial score (nSPS) is 9.57. The third kappa shape index (κ3) is 1.93. The minimum Gasteiger partial charge on any atom is -0.465 e. The largest absolute Gasteiger partial charge is 0.465 e. The SMILES string of the molecule is C=Nc1c(N)cc(Br)cc1C(=O)OC. The van der Waals surface area contributed by atoms with Crippen LogP contribution in [0.3, 0.4) is 0 Å². The Morgan fingerprint density at radius 1 is 1.64 bits per heavy atom. The van der Waals surface area contributed by atoms with Crippen LogP contribution in [-0.4, -0.2) is 19.8 Å². The number of esters is 1. The number of nitrogens with two attached hydrogens (primary N) is 1. The Morgan fingerprint density at radius 3 is 2.79 bits per heavy atom. The number of benzene rings is 1. The second kappa shape index (κ2) is 4.23. The summed E-state index contributed by atoms with van der Waals surface area (Å²) in [5.41, 5.74) is 6.69. The Kier molecular flexibility index (Phi) is 3.24. The van der Waals surface area contributed by atoms with Crippen LogP contribution in [0.4, 0.5) is 11.4 Å². The quantitative estimate of drug-likeness (QED) is 0.501. The number of carbonyl (C=O) groups excluding carboxylic acids is 1. The molecule has 0 aliphatic rings. The van der Waals surface area contributed by atoms with E-state index in [9.17, 15) is 4.79 Å². The third-order valence-electron chi connectivity index (χ3n) is 1.67. The number of anilines is 1. The van der Waals surface area contributed by atoms with Gasteiger partial charge in [-0.25, -0.2) is 4.79 Å². The maximum Gasteiger partial charge on any atom is 0.340 e. The van der Waals surface area contributed by atoms with Crippen molar-refractivity contribution in [1.82, 2.24) is 0 Å². The van der Waals surface area contributed by atoms with Crippen LogP contribution in [0.5, 0.6) is 0 Å². The van der Waals surface area contributed by atoms with Crippen molar-refractivity contribution in [3.63, 3.8) is 0 Å². The first-order valence-corrected chi connectivity index (χ1v) is 4.53. The predicted octanol–water partition coefficient (Wildman–Crippen LogP) is 2.15. The second-order valence-corrected chi connectivity index (χ2v) is 3.46. The van der Waals surface area contributed by atoms with Crippen LogP contribution in [-0.2, 0) is 4.74 Å². The summed E-state index contributed by atoms with van der Waals surface area (Å²) in [7, 11) is 1.30. The fourth-order valence-corrected chi connectivity index (χ4v) is 1.54. The number of methoxy groups -OCH3 is 1. The molecule has 0 amide bonds. The number of aliphatic imine (C=N–C) groups is 1. The summed E-state index contributed by atoms with van der Waals surface area (Å²) in [4.78, 5) is 15.0. The summed E-state index contributed by atoms with van der Waals surface area (Å²) in [6.07, 6.45) is 0. The standard InChI is InChI=1S/C9H9BrN2O2/c1-12-8-6(9(13)14-2)3-5(10)4-7(8)11/h3-4H,1,11H2,2H3. The van der Waals surface area contributed by atoms with Crippen LogP contribution in [0, 0.1) is 0 Å². The number of ether oxygens (including phenoxy) is 1. The second-order valence-electron chi connectivity index (χ2n) is 2.54. The van der Waals surface area contributed by atoms with E-state index in [0.29, 0.717) is 21.4 Å². The Bertz CT molecular complexity index is 391. The average molecular weight is 257 g/mol. The molecule has 0 bridgehead atoms. The first-order chi connectivity index (χ1) is 6.60. The number of carbonyl (C=O) groups is 1. The molecule has 1 rings (SSSR count). The summed E-state index contributed by atoms with van der Waals surface area (Å²) >= 11 is 3.22. The summed E-state index contributed by atoms with van der Waals surface area (Å²) in [6.45, 7) is 3.35. The lowest BCUT2D eigenvalue weighted by molar-refractivity contribution is 0.0601. The van der Waals surface area contributed by atoms with E-state index in [-0.39, 0.29) is 0 Å². The van der Waals surface area contributed by atoms with E-state index in [4.69, 9.17) is 5.73 Å². The van der Waals surface area contributed by atoms with Crippen molar-refractivity contribution in [3.05, 3.63) is 22.2 Å². The molecular formula is C9H9BrN2O2. The van der Waals surface area contributed by atoms with Gasteiger partial charge in [-0.05, 0) is 18.9 Å². The van der Waals surface area contributed by atoms with Crippen molar-refractivity contribution >= 4 is 40.0 Å². The van der Waals surface area contributed by atoms with Gasteiger partial charge in [0.05, 0.1) is 24.0 Å². The van der Waals surface area contributed by atoms with E-state index < -0.39 is 5.97 Å². The summed E-state index contributed by atoms with van der Waals surface area (Å²) in [5, 5.41) is 0. The molecular weight excluding hydrogens is 248 g/mol. The molecule has 0 unspecified atom stereocenters. The fraction of sp³-hybridized carbons (Fsp3) is 0.111. The number of nitrogens with zero attached hydrogens (tertiary/aromatic N) is 1. The lowest BCUT2D eigenvalue weighted by Gasteiger charge is -2.06. The molecule has 1 aromatic rings. The highest BCUT2D eigenvalue weighted by Crippen LogP contribution is 2.30. The van der Waals surface area contributed by atoms with Crippen molar-refractivity contribution < 1.29 is 9.53 Å². The van der Waals surface area contributed by atoms with Crippen LogP contribution < -0.4 is 5.73 Å². The summed E-state index contributed by atoms with van der Waals surface area (Å²) < 4.78 is 5.28. The highest BCUT2D eigenvalue weighted by molar-refractivity contribution is 9.10. The number of nitrogen functional groups attached to an aromatic ring is 1. The van der Waals surface area contributed by atoms with Gasteiger partial charge in [0, 0.05) is 4.47 Å². The topological polar surface area (TPSA) is 64.7 Å². The Hall–Kier alpha value is -1.36. The first kappa shape index (κ1) is 10.7. The molecule has 4 nitrogen and oxygen atoms in total. The van der Waals surface area contributed by atoms with E-state index in [2.05, 4.69) is 32.4 Å². The van der Waals surface area contributed by atoms with Gasteiger partial charge in [0.25, 0.3) is 0 Å². The van der Waals surface area contributed by atoms with Crippen LogP contribution in [0.1, 0.15) is 10.4 Å². The molecule has 0 saturated heterocycles. The number of hydrogen-bond acceptors (Lipinski definition) is 4. The maximum atomic E-state index is 11.3. The molecule has 0 aliphatic carbocycles. The first-order valence-electron chi connectivity index (χ1n) is 3.74. The zero-order valence-corrected chi connectivity index (χ0v) is 9.17. The van der Waals surface area contributed by atoms with Gasteiger partial charge in [0.2, 0.25) is 0 Å².